The number of aromatic nitrogens is 2. The van der Waals surface area contributed by atoms with E-state index in [4.69, 9.17) is 0 Å². The summed E-state index contributed by atoms with van der Waals surface area (Å²) in [5, 5.41) is 6.61. The van der Waals surface area contributed by atoms with Crippen LogP contribution < -0.4 is 0 Å². The van der Waals surface area contributed by atoms with Crippen LogP contribution in [0.1, 0.15) is 5.01 Å². The van der Waals surface area contributed by atoms with Crippen molar-refractivity contribution in [2.75, 3.05) is 0 Å². The molecule has 0 spiro atoms. The van der Waals surface area contributed by atoms with E-state index in [0.29, 0.717) is 11.3 Å². The van der Waals surface area contributed by atoms with Crippen LogP contribution in [0, 0.1) is 6.92 Å². The van der Waals surface area contributed by atoms with Crippen molar-refractivity contribution >= 4 is 31.4 Å². The molecular formula is C4H4F3N3O4S3. The van der Waals surface area contributed by atoms with Crippen molar-refractivity contribution in [1.82, 2.24) is 10.2 Å². The van der Waals surface area contributed by atoms with E-state index in [1.165, 1.54) is 6.92 Å². The summed E-state index contributed by atoms with van der Waals surface area (Å²) in [7, 11) is -10.1. The summed E-state index contributed by atoms with van der Waals surface area (Å²) in [4.78, 5) is 0. The molecule has 0 bridgehead atoms. The maximum absolute atomic E-state index is 12.1. The van der Waals surface area contributed by atoms with Crippen LogP contribution in [-0.2, 0) is 24.4 Å². The van der Waals surface area contributed by atoms with Crippen molar-refractivity contribution in [1.29, 1.82) is 0 Å². The van der Waals surface area contributed by atoms with Gasteiger partial charge in [-0.25, -0.2) is 4.21 Å². The van der Waals surface area contributed by atoms with Crippen LogP contribution in [-0.4, -0.2) is 28.6 Å². The van der Waals surface area contributed by atoms with Crippen LogP contribution >= 0.6 is 11.3 Å². The van der Waals surface area contributed by atoms with Crippen LogP contribution in [0.4, 0.5) is 13.3 Å². The minimum absolute atomic E-state index is 0.212. The Bertz CT molecular complexity index is 617. The first-order chi connectivity index (χ1) is 7.71. The zero-order chi connectivity index (χ0) is 13.3. The lowest BCUT2D eigenvalue weighted by Gasteiger charge is -2.00. The molecular weight excluding hydrogens is 307 g/mol. The first-order valence-corrected chi connectivity index (χ1v) is 7.38. The molecule has 0 radical (unpaired) electrons. The smallest absolute Gasteiger partial charge is 0.211 e. The van der Waals surface area contributed by atoms with Crippen molar-refractivity contribution in [3.8, 4) is 0 Å². The number of alkyl halides is 2. The fourth-order valence-electron chi connectivity index (χ4n) is 0.623. The number of halogens is 3. The van der Waals surface area contributed by atoms with Crippen LogP contribution in [0.15, 0.2) is 8.11 Å². The number of aryl methyl sites for hydroxylation is 1. The lowest BCUT2D eigenvalue weighted by Crippen LogP contribution is -2.14. The van der Waals surface area contributed by atoms with Gasteiger partial charge in [0.1, 0.15) is 5.01 Å². The number of rotatable bonds is 4. The van der Waals surface area contributed by atoms with Crippen molar-refractivity contribution < 1.29 is 30.3 Å². The Hall–Kier alpha value is -0.790. The molecule has 0 aliphatic carbocycles. The molecule has 0 saturated carbocycles. The lowest BCUT2D eigenvalue weighted by atomic mass is 10.9. The van der Waals surface area contributed by atoms with E-state index in [1.807, 2.05) is 0 Å². The molecule has 1 rings (SSSR count). The van der Waals surface area contributed by atoms with Crippen LogP contribution in [0.25, 0.3) is 0 Å². The van der Waals surface area contributed by atoms with Gasteiger partial charge in [0.25, 0.3) is 14.3 Å². The van der Waals surface area contributed by atoms with Crippen molar-refractivity contribution in [3.05, 3.63) is 5.01 Å². The van der Waals surface area contributed by atoms with Gasteiger partial charge in [0, 0.05) is 0 Å². The second kappa shape index (κ2) is 4.83. The summed E-state index contributed by atoms with van der Waals surface area (Å²) in [5.74, 6) is -3.92. The molecule has 1 heterocycles. The maximum atomic E-state index is 12.1. The van der Waals surface area contributed by atoms with Gasteiger partial charge in [0.15, 0.2) is 0 Å². The highest BCUT2D eigenvalue weighted by molar-refractivity contribution is 8.01. The fraction of sp³-hybridized carbons (Fsp3) is 0.500. The Balaban J connectivity index is 3.35. The summed E-state index contributed by atoms with van der Waals surface area (Å²) >= 11 is 0.505. The van der Waals surface area contributed by atoms with Crippen molar-refractivity contribution in [2.24, 2.45) is 3.77 Å². The Morgan fingerprint density at radius 3 is 2.29 bits per heavy atom. The first-order valence-electron chi connectivity index (χ1n) is 3.62. The van der Waals surface area contributed by atoms with Gasteiger partial charge in [0.2, 0.25) is 0 Å². The minimum atomic E-state index is -5.26. The normalized spacial score (nSPS) is 15.8. The van der Waals surface area contributed by atoms with Gasteiger partial charge in [-0.2, -0.15) is 17.2 Å². The summed E-state index contributed by atoms with van der Waals surface area (Å²) < 4.78 is 73.3. The van der Waals surface area contributed by atoms with E-state index >= 15 is 0 Å². The molecule has 1 atom stereocenters. The highest BCUT2D eigenvalue weighted by Gasteiger charge is 2.31. The van der Waals surface area contributed by atoms with Crippen LogP contribution in [0.3, 0.4) is 0 Å². The third-order valence-electron chi connectivity index (χ3n) is 1.25. The van der Waals surface area contributed by atoms with Gasteiger partial charge in [-0.1, -0.05) is 19.5 Å². The molecule has 0 amide bonds. The molecule has 7 nitrogen and oxygen atoms in total. The molecule has 0 aromatic carbocycles. The summed E-state index contributed by atoms with van der Waals surface area (Å²) in [6.07, 6.45) is 0. The molecule has 0 fully saturated rings. The Morgan fingerprint density at radius 2 is 1.94 bits per heavy atom. The molecule has 17 heavy (non-hydrogen) atoms. The lowest BCUT2D eigenvalue weighted by molar-refractivity contribution is -0.000782. The topological polar surface area (TPSA) is 98.6 Å². The van der Waals surface area contributed by atoms with Gasteiger partial charge in [0.05, 0.1) is 0 Å². The van der Waals surface area contributed by atoms with E-state index in [0.717, 1.165) is 0 Å². The summed E-state index contributed by atoms with van der Waals surface area (Å²) in [6, 6.07) is 0. The molecule has 0 aliphatic rings. The molecule has 0 N–H and O–H groups in total. The minimum Gasteiger partial charge on any atom is -0.211 e. The third-order valence-corrected chi connectivity index (χ3v) is 5.53. The Labute approximate surface area is 98.0 Å². The van der Waals surface area contributed by atoms with E-state index in [2.05, 4.69) is 18.4 Å². The van der Waals surface area contributed by atoms with Gasteiger partial charge in [-0.3, -0.25) is 0 Å². The van der Waals surface area contributed by atoms with Crippen molar-refractivity contribution in [2.45, 2.75) is 17.0 Å². The van der Waals surface area contributed by atoms with E-state index in [-0.39, 0.29) is 5.01 Å². The zero-order valence-corrected chi connectivity index (χ0v) is 10.4. The standard InChI is InChI=1S/C4H4F3N3O4S3/c1-2-8-9-4(15-2)16(11,12)10-17(13,14-7)3(5)6/h3H,1H3. The number of nitrogens with zero attached hydrogens (tertiary/aromatic N) is 3. The monoisotopic (exact) mass is 311 g/mol. The molecule has 0 saturated heterocycles. The predicted octanol–water partition coefficient (Wildman–Crippen LogP) is 1.04. The molecule has 0 aliphatic heterocycles. The SMILES string of the molecule is Cc1nnc(S(=O)(=O)N=S(=O)(OF)C(F)F)s1. The molecule has 1 unspecified atom stereocenters. The van der Waals surface area contributed by atoms with E-state index < -0.39 is 30.1 Å². The van der Waals surface area contributed by atoms with Gasteiger partial charge < -0.3 is 0 Å². The third kappa shape index (κ3) is 3.11. The molecule has 1 aromatic heterocycles. The largest absolute Gasteiger partial charge is 0.346 e. The first kappa shape index (κ1) is 14.3. The van der Waals surface area contributed by atoms with Gasteiger partial charge >= 0.3 is 15.8 Å². The Kier molecular flexibility index (Phi) is 4.06. The summed E-state index contributed by atoms with van der Waals surface area (Å²) in [5.41, 5.74) is 0. The van der Waals surface area contributed by atoms with Gasteiger partial charge in [-0.15, -0.1) is 10.2 Å². The Morgan fingerprint density at radius 1 is 1.35 bits per heavy atom. The van der Waals surface area contributed by atoms with E-state index in [9.17, 15) is 25.9 Å². The van der Waals surface area contributed by atoms with Crippen LogP contribution in [0.5, 0.6) is 0 Å². The highest BCUT2D eigenvalue weighted by atomic mass is 32.3. The highest BCUT2D eigenvalue weighted by Crippen LogP contribution is 2.21. The second-order valence-corrected chi connectivity index (χ2v) is 7.36. The average Bonchev–Trinajstić information content (AvgIpc) is 2.64. The predicted molar refractivity (Wildman–Crippen MR) is 50.6 cm³/mol. The van der Waals surface area contributed by atoms with Gasteiger partial charge in [-0.05, 0) is 11.4 Å². The van der Waals surface area contributed by atoms with Crippen LogP contribution in [0.2, 0.25) is 0 Å². The summed E-state index contributed by atoms with van der Waals surface area (Å²) in [6.45, 7) is 1.40. The fourth-order valence-corrected chi connectivity index (χ4v) is 4.00. The molecule has 13 heteroatoms. The second-order valence-electron chi connectivity index (χ2n) is 2.48. The molecule has 98 valence electrons. The zero-order valence-electron chi connectivity index (χ0n) is 7.91. The maximum Gasteiger partial charge on any atom is 0.346 e. The average molecular weight is 311 g/mol. The number of hydrogen-bond donors (Lipinski definition) is 0. The van der Waals surface area contributed by atoms with Crippen molar-refractivity contribution in [3.63, 3.8) is 0 Å². The number of hydrogen-bond acceptors (Lipinski definition) is 7. The van der Waals surface area contributed by atoms with E-state index in [1.54, 1.807) is 0 Å². The number of sulfonamides is 1. The quantitative estimate of drug-likeness (QED) is 0.824. The molecule has 1 aromatic rings.